The summed E-state index contributed by atoms with van der Waals surface area (Å²) < 4.78 is 0. The molecule has 0 aromatic heterocycles. The molecule has 0 aliphatic rings. The zero-order valence-electron chi connectivity index (χ0n) is 12.1. The maximum atomic E-state index is 12.2. The molecule has 0 unspecified atom stereocenters. The SMILES string of the molecule is CCCC(CCC)C(=O)Nc1cccc([C@@H](C)O)c1. The third kappa shape index (κ3) is 5.03. The van der Waals surface area contributed by atoms with Crippen LogP contribution in [0, 0.1) is 5.92 Å². The van der Waals surface area contributed by atoms with Crippen LogP contribution in [0.15, 0.2) is 24.3 Å². The van der Waals surface area contributed by atoms with Gasteiger partial charge in [-0.2, -0.15) is 0 Å². The molecule has 0 heterocycles. The van der Waals surface area contributed by atoms with Crippen LogP contribution in [0.25, 0.3) is 0 Å². The Hall–Kier alpha value is -1.35. The standard InChI is InChI=1S/C16H25NO2/c1-4-7-13(8-5-2)16(19)17-15-10-6-9-14(11-15)12(3)18/h6,9-13,18H,4-5,7-8H2,1-3H3,(H,17,19)/t12-/m1/s1. The number of amides is 1. The fourth-order valence-corrected chi connectivity index (χ4v) is 2.22. The molecule has 19 heavy (non-hydrogen) atoms. The third-order valence-corrected chi connectivity index (χ3v) is 3.28. The number of benzene rings is 1. The van der Waals surface area contributed by atoms with Crippen molar-refractivity contribution in [1.82, 2.24) is 0 Å². The lowest BCUT2D eigenvalue weighted by atomic mass is 9.97. The zero-order chi connectivity index (χ0) is 14.3. The Morgan fingerprint density at radius 2 is 1.89 bits per heavy atom. The monoisotopic (exact) mass is 263 g/mol. The lowest BCUT2D eigenvalue weighted by Crippen LogP contribution is -2.22. The summed E-state index contributed by atoms with van der Waals surface area (Å²) in [5, 5.41) is 12.5. The van der Waals surface area contributed by atoms with Crippen molar-refractivity contribution >= 4 is 11.6 Å². The number of carbonyl (C=O) groups is 1. The first-order valence-electron chi connectivity index (χ1n) is 7.17. The summed E-state index contributed by atoms with van der Waals surface area (Å²) in [6.45, 7) is 5.92. The van der Waals surface area contributed by atoms with Gasteiger partial charge in [0.05, 0.1) is 6.10 Å². The zero-order valence-corrected chi connectivity index (χ0v) is 12.1. The second-order valence-corrected chi connectivity index (χ2v) is 5.06. The first-order chi connectivity index (χ1) is 9.08. The highest BCUT2D eigenvalue weighted by molar-refractivity contribution is 5.92. The van der Waals surface area contributed by atoms with Gasteiger partial charge in [0.15, 0.2) is 0 Å². The average Bonchev–Trinajstić information content (AvgIpc) is 2.38. The molecule has 1 aromatic carbocycles. The van der Waals surface area contributed by atoms with Crippen molar-refractivity contribution in [2.45, 2.75) is 52.6 Å². The van der Waals surface area contributed by atoms with Gasteiger partial charge in [-0.1, -0.05) is 38.8 Å². The van der Waals surface area contributed by atoms with E-state index in [1.54, 1.807) is 6.92 Å². The van der Waals surface area contributed by atoms with Gasteiger partial charge in [0.1, 0.15) is 0 Å². The van der Waals surface area contributed by atoms with Gasteiger partial charge in [-0.25, -0.2) is 0 Å². The van der Waals surface area contributed by atoms with E-state index in [0.717, 1.165) is 36.9 Å². The van der Waals surface area contributed by atoms with Gasteiger partial charge in [-0.05, 0) is 37.5 Å². The summed E-state index contributed by atoms with van der Waals surface area (Å²) in [6.07, 6.45) is 3.38. The molecular formula is C16H25NO2. The highest BCUT2D eigenvalue weighted by Gasteiger charge is 2.16. The van der Waals surface area contributed by atoms with Gasteiger partial charge >= 0.3 is 0 Å². The topological polar surface area (TPSA) is 49.3 Å². The number of aliphatic hydroxyl groups excluding tert-OH is 1. The van der Waals surface area contributed by atoms with Crippen LogP contribution in [0.4, 0.5) is 5.69 Å². The van der Waals surface area contributed by atoms with Crippen molar-refractivity contribution in [2.75, 3.05) is 5.32 Å². The average molecular weight is 263 g/mol. The van der Waals surface area contributed by atoms with Crippen molar-refractivity contribution < 1.29 is 9.90 Å². The molecule has 3 nitrogen and oxygen atoms in total. The Bertz CT molecular complexity index is 395. The minimum atomic E-state index is -0.515. The molecule has 0 aliphatic heterocycles. The van der Waals surface area contributed by atoms with E-state index in [-0.39, 0.29) is 11.8 Å². The first-order valence-corrected chi connectivity index (χ1v) is 7.17. The van der Waals surface area contributed by atoms with Gasteiger partial charge in [-0.3, -0.25) is 4.79 Å². The molecule has 3 heteroatoms. The number of anilines is 1. The lowest BCUT2D eigenvalue weighted by Gasteiger charge is -2.16. The highest BCUT2D eigenvalue weighted by atomic mass is 16.3. The summed E-state index contributed by atoms with van der Waals surface area (Å²) in [5.74, 6) is 0.177. The number of aliphatic hydroxyl groups is 1. The summed E-state index contributed by atoms with van der Waals surface area (Å²) in [7, 11) is 0. The van der Waals surface area contributed by atoms with Crippen molar-refractivity contribution in [2.24, 2.45) is 5.92 Å². The molecule has 0 bridgehead atoms. The molecule has 0 saturated carbocycles. The number of hydrogen-bond donors (Lipinski definition) is 2. The number of carbonyl (C=O) groups excluding carboxylic acids is 1. The Kier molecular flexibility index (Phi) is 6.57. The predicted octanol–water partition coefficient (Wildman–Crippen LogP) is 3.89. The molecule has 0 aliphatic carbocycles. The third-order valence-electron chi connectivity index (χ3n) is 3.28. The molecule has 106 valence electrons. The molecule has 0 radical (unpaired) electrons. The fourth-order valence-electron chi connectivity index (χ4n) is 2.22. The van der Waals surface area contributed by atoms with E-state index in [1.165, 1.54) is 0 Å². The van der Waals surface area contributed by atoms with E-state index in [9.17, 15) is 9.90 Å². The molecule has 1 amide bonds. The van der Waals surface area contributed by atoms with Crippen LogP contribution < -0.4 is 5.32 Å². The first kappa shape index (κ1) is 15.7. The Morgan fingerprint density at radius 1 is 1.26 bits per heavy atom. The summed E-state index contributed by atoms with van der Waals surface area (Å²) in [4.78, 5) is 12.2. The summed E-state index contributed by atoms with van der Waals surface area (Å²) in [6, 6.07) is 7.40. The van der Waals surface area contributed by atoms with Crippen LogP contribution in [0.3, 0.4) is 0 Å². The highest BCUT2D eigenvalue weighted by Crippen LogP contribution is 2.20. The van der Waals surface area contributed by atoms with E-state index >= 15 is 0 Å². The fraction of sp³-hybridized carbons (Fsp3) is 0.562. The van der Waals surface area contributed by atoms with Crippen molar-refractivity contribution in [3.8, 4) is 0 Å². The van der Waals surface area contributed by atoms with E-state index in [2.05, 4.69) is 19.2 Å². The molecular weight excluding hydrogens is 238 g/mol. The van der Waals surface area contributed by atoms with Gasteiger partial charge in [0.25, 0.3) is 0 Å². The second kappa shape index (κ2) is 7.95. The predicted molar refractivity (Wildman–Crippen MR) is 79.0 cm³/mol. The maximum Gasteiger partial charge on any atom is 0.227 e. The quantitative estimate of drug-likeness (QED) is 0.784. The lowest BCUT2D eigenvalue weighted by molar-refractivity contribution is -0.120. The Balaban J connectivity index is 2.71. The molecule has 1 aromatic rings. The second-order valence-electron chi connectivity index (χ2n) is 5.06. The van der Waals surface area contributed by atoms with Crippen LogP contribution in [0.5, 0.6) is 0 Å². The molecule has 0 fully saturated rings. The van der Waals surface area contributed by atoms with Crippen molar-refractivity contribution in [1.29, 1.82) is 0 Å². The Morgan fingerprint density at radius 3 is 2.42 bits per heavy atom. The molecule has 0 saturated heterocycles. The minimum Gasteiger partial charge on any atom is -0.389 e. The van der Waals surface area contributed by atoms with Crippen LogP contribution in [-0.4, -0.2) is 11.0 Å². The number of hydrogen-bond acceptors (Lipinski definition) is 2. The summed E-state index contributed by atoms with van der Waals surface area (Å²) in [5.41, 5.74) is 1.58. The number of rotatable bonds is 7. The minimum absolute atomic E-state index is 0.0882. The normalized spacial score (nSPS) is 12.5. The molecule has 1 atom stereocenters. The maximum absolute atomic E-state index is 12.2. The smallest absolute Gasteiger partial charge is 0.227 e. The largest absolute Gasteiger partial charge is 0.389 e. The van der Waals surface area contributed by atoms with E-state index in [4.69, 9.17) is 0 Å². The molecule has 1 rings (SSSR count). The van der Waals surface area contributed by atoms with Gasteiger partial charge in [0.2, 0.25) is 5.91 Å². The van der Waals surface area contributed by atoms with E-state index < -0.39 is 6.10 Å². The van der Waals surface area contributed by atoms with Crippen LogP contribution in [0.2, 0.25) is 0 Å². The van der Waals surface area contributed by atoms with Crippen molar-refractivity contribution in [3.05, 3.63) is 29.8 Å². The van der Waals surface area contributed by atoms with Gasteiger partial charge in [0, 0.05) is 11.6 Å². The van der Waals surface area contributed by atoms with E-state index in [0.29, 0.717) is 0 Å². The molecule has 0 spiro atoms. The van der Waals surface area contributed by atoms with Gasteiger partial charge in [-0.15, -0.1) is 0 Å². The van der Waals surface area contributed by atoms with E-state index in [1.807, 2.05) is 24.3 Å². The number of nitrogens with one attached hydrogen (secondary N) is 1. The van der Waals surface area contributed by atoms with Crippen LogP contribution in [-0.2, 0) is 4.79 Å². The van der Waals surface area contributed by atoms with Gasteiger partial charge < -0.3 is 10.4 Å². The molecule has 2 N–H and O–H groups in total. The summed E-state index contributed by atoms with van der Waals surface area (Å²) >= 11 is 0. The van der Waals surface area contributed by atoms with Crippen LogP contribution >= 0.6 is 0 Å². The Labute approximate surface area is 116 Å². The van der Waals surface area contributed by atoms with Crippen LogP contribution in [0.1, 0.15) is 58.1 Å². The van der Waals surface area contributed by atoms with Crippen molar-refractivity contribution in [3.63, 3.8) is 0 Å².